The average Bonchev–Trinajstić information content (AvgIpc) is 3.09. The lowest BCUT2D eigenvalue weighted by molar-refractivity contribution is -0.132. The molecule has 5 amide bonds. The third-order valence-electron chi connectivity index (χ3n) is 7.62. The van der Waals surface area contributed by atoms with Crippen LogP contribution in [0, 0.1) is 17.2 Å². The molecule has 0 aliphatic carbocycles. The number of amides is 5. The van der Waals surface area contributed by atoms with Gasteiger partial charge in [0.25, 0.3) is 5.91 Å². The molecule has 18 nitrogen and oxygen atoms in total. The monoisotopic (exact) mass is 812 g/mol. The number of nitrogens with zero attached hydrogens (tertiary/aromatic N) is 3. The SMILES string of the molecule is CC(C)[C@H](NC(=O)[C@H](CCCN=C(N)N)NC(=O)c1ccc([N+](C)(C)C)cc1C#N)C(=O)NCC(=O)N[C@@H](Cc1ccccc1)C(N)=O.O=S(=O)([O-])C(F)(F)F. The lowest BCUT2D eigenvalue weighted by Gasteiger charge is -2.26. The summed E-state index contributed by atoms with van der Waals surface area (Å²) in [6.45, 7) is 3.11. The van der Waals surface area contributed by atoms with Crippen LogP contribution in [0.1, 0.15) is 48.2 Å². The van der Waals surface area contributed by atoms with Crippen LogP contribution in [0.4, 0.5) is 18.9 Å². The Hall–Kier alpha value is -5.79. The Morgan fingerprint density at radius 1 is 0.929 bits per heavy atom. The zero-order valence-electron chi connectivity index (χ0n) is 31.3. The molecule has 0 saturated carbocycles. The highest BCUT2D eigenvalue weighted by Gasteiger charge is 2.37. The largest absolute Gasteiger partial charge is 0.741 e. The quantitative estimate of drug-likeness (QED) is 0.0265. The van der Waals surface area contributed by atoms with E-state index in [0.29, 0.717) is 10.9 Å². The summed E-state index contributed by atoms with van der Waals surface area (Å²) in [5.74, 6) is -3.89. The summed E-state index contributed by atoms with van der Waals surface area (Å²) in [6.07, 6.45) is 0.592. The van der Waals surface area contributed by atoms with Crippen molar-refractivity contribution >= 4 is 51.3 Å². The molecule has 0 unspecified atom stereocenters. The molecule has 0 bridgehead atoms. The van der Waals surface area contributed by atoms with Crippen LogP contribution in [-0.4, -0.2) is 106 Å². The van der Waals surface area contributed by atoms with Crippen molar-refractivity contribution in [1.29, 1.82) is 5.26 Å². The van der Waals surface area contributed by atoms with E-state index >= 15 is 0 Å². The van der Waals surface area contributed by atoms with Gasteiger partial charge in [0, 0.05) is 19.0 Å². The summed E-state index contributed by atoms with van der Waals surface area (Å²) in [5, 5.41) is 20.1. The Kier molecular flexibility index (Phi) is 18.4. The van der Waals surface area contributed by atoms with Crippen LogP contribution in [0.15, 0.2) is 53.5 Å². The van der Waals surface area contributed by atoms with E-state index in [1.54, 1.807) is 50.2 Å². The summed E-state index contributed by atoms with van der Waals surface area (Å²) in [7, 11) is -0.326. The number of rotatable bonds is 17. The van der Waals surface area contributed by atoms with Crippen LogP contribution in [0.25, 0.3) is 0 Å². The fraction of sp³-hybridized carbons (Fsp3) is 0.441. The highest BCUT2D eigenvalue weighted by Crippen LogP contribution is 2.22. The molecule has 0 heterocycles. The van der Waals surface area contributed by atoms with E-state index in [9.17, 15) is 42.4 Å². The van der Waals surface area contributed by atoms with Gasteiger partial charge in [-0.25, -0.2) is 8.42 Å². The van der Waals surface area contributed by atoms with Crippen LogP contribution < -0.4 is 43.0 Å². The Balaban J connectivity index is 0.00000176. The first-order valence-corrected chi connectivity index (χ1v) is 18.1. The number of nitrogens with one attached hydrogen (secondary N) is 4. The van der Waals surface area contributed by atoms with Crippen molar-refractivity contribution in [1.82, 2.24) is 25.8 Å². The molecule has 2 aromatic rings. The minimum atomic E-state index is -6.09. The van der Waals surface area contributed by atoms with Crippen molar-refractivity contribution in [2.24, 2.45) is 28.1 Å². The number of benzene rings is 2. The summed E-state index contributed by atoms with van der Waals surface area (Å²) in [6, 6.07) is 12.7. The number of nitriles is 1. The first kappa shape index (κ1) is 48.2. The lowest BCUT2D eigenvalue weighted by atomic mass is 10.0. The van der Waals surface area contributed by atoms with E-state index in [4.69, 9.17) is 30.2 Å². The number of quaternary nitrogens is 1. The number of nitrogens with two attached hydrogens (primary N) is 3. The van der Waals surface area contributed by atoms with E-state index in [1.807, 2.05) is 33.3 Å². The van der Waals surface area contributed by atoms with Crippen LogP contribution in [0.5, 0.6) is 0 Å². The van der Waals surface area contributed by atoms with Gasteiger partial charge in [0.15, 0.2) is 16.1 Å². The van der Waals surface area contributed by atoms with Gasteiger partial charge in [-0.05, 0) is 36.5 Å². The van der Waals surface area contributed by atoms with Gasteiger partial charge < -0.3 is 43.0 Å². The van der Waals surface area contributed by atoms with Crippen molar-refractivity contribution in [3.8, 4) is 6.07 Å². The van der Waals surface area contributed by atoms with Crippen molar-refractivity contribution in [2.45, 2.75) is 56.7 Å². The Morgan fingerprint density at radius 2 is 1.52 bits per heavy atom. The number of alkyl halides is 3. The number of aliphatic imine (C=N–C) groups is 1. The molecule has 0 aliphatic heterocycles. The van der Waals surface area contributed by atoms with Gasteiger partial charge >= 0.3 is 5.51 Å². The summed E-state index contributed by atoms with van der Waals surface area (Å²) >= 11 is 0. The molecule has 0 saturated heterocycles. The summed E-state index contributed by atoms with van der Waals surface area (Å²) in [5.41, 5.74) is 12.5. The minimum Gasteiger partial charge on any atom is -0.741 e. The van der Waals surface area contributed by atoms with Crippen LogP contribution in [0.2, 0.25) is 0 Å². The zero-order valence-corrected chi connectivity index (χ0v) is 32.2. The fourth-order valence-corrected chi connectivity index (χ4v) is 4.63. The smallest absolute Gasteiger partial charge is 0.485 e. The topological polar surface area (TPSA) is 305 Å². The van der Waals surface area contributed by atoms with Crippen molar-refractivity contribution < 1.29 is 50.1 Å². The van der Waals surface area contributed by atoms with Gasteiger partial charge in [0.1, 0.15) is 29.9 Å². The molecular formula is C34H47F3N10O8S. The maximum Gasteiger partial charge on any atom is 0.485 e. The predicted octanol–water partition coefficient (Wildman–Crippen LogP) is -0.572. The molecule has 10 N–H and O–H groups in total. The Labute approximate surface area is 322 Å². The normalized spacial score (nSPS) is 13.0. The molecule has 0 aromatic heterocycles. The van der Waals surface area contributed by atoms with Crippen LogP contribution >= 0.6 is 0 Å². The third kappa shape index (κ3) is 16.7. The number of carbonyl (C=O) groups excluding carboxylic acids is 5. The van der Waals surface area contributed by atoms with E-state index in [1.165, 1.54) is 6.07 Å². The number of halogens is 3. The molecule has 0 fully saturated rings. The number of carbonyl (C=O) groups is 5. The lowest BCUT2D eigenvalue weighted by Crippen LogP contribution is -2.56. The first-order chi connectivity index (χ1) is 25.8. The van der Waals surface area contributed by atoms with Gasteiger partial charge in [-0.3, -0.25) is 33.4 Å². The van der Waals surface area contributed by atoms with Crippen LogP contribution in [0.3, 0.4) is 0 Å². The third-order valence-corrected chi connectivity index (χ3v) is 8.19. The number of primary amides is 1. The van der Waals surface area contributed by atoms with Crippen molar-refractivity contribution in [3.63, 3.8) is 0 Å². The van der Waals surface area contributed by atoms with E-state index in [2.05, 4.69) is 26.3 Å². The highest BCUT2D eigenvalue weighted by atomic mass is 32.2. The second-order valence-electron chi connectivity index (χ2n) is 13.4. The molecule has 56 heavy (non-hydrogen) atoms. The minimum absolute atomic E-state index is 0.0856. The van der Waals surface area contributed by atoms with Gasteiger partial charge in [0.2, 0.25) is 23.6 Å². The summed E-state index contributed by atoms with van der Waals surface area (Å²) in [4.78, 5) is 68.6. The van der Waals surface area contributed by atoms with Crippen LogP contribution in [-0.2, 0) is 35.7 Å². The zero-order chi connectivity index (χ0) is 43.0. The molecule has 2 rings (SSSR count). The standard InChI is InChI=1S/C33H46N10O5.CHF3O3S/c1-20(2)28(32(48)39-19-27(44)40-26(29(35)45)16-21-10-7-6-8-11-21)42-31(47)25(12-9-15-38-33(36)37)41-30(46)24-14-13-23(43(3,4)5)17-22(24)18-34;2-1(3,4)8(5,6)7/h6-8,10-11,13-14,17,20,25-26,28H,9,12,15-16,19H2,1-5H3,(H9-,35,36,37,38,39,40,41,42,44,45,46,47,48);(H,5,6,7)/t25-,26-,28-;/m0./s1. The molecule has 0 spiro atoms. The van der Waals surface area contributed by atoms with Gasteiger partial charge in [-0.2, -0.15) is 18.4 Å². The molecule has 0 radical (unpaired) electrons. The number of guanidine groups is 1. The molecule has 22 heteroatoms. The maximum atomic E-state index is 13.5. The predicted molar refractivity (Wildman–Crippen MR) is 199 cm³/mol. The van der Waals surface area contributed by atoms with Gasteiger partial charge in [-0.1, -0.05) is 44.2 Å². The molecule has 0 aliphatic rings. The van der Waals surface area contributed by atoms with Gasteiger partial charge in [0.05, 0.1) is 38.8 Å². The Bertz CT molecular complexity index is 1880. The van der Waals surface area contributed by atoms with E-state index in [0.717, 1.165) is 11.3 Å². The molecular weight excluding hydrogens is 765 g/mol. The average molecular weight is 813 g/mol. The molecule has 2 aromatic carbocycles. The van der Waals surface area contributed by atoms with Crippen molar-refractivity contribution in [2.75, 3.05) is 34.2 Å². The number of hydrogen-bond acceptors (Lipinski definition) is 10. The Morgan fingerprint density at radius 3 is 2.00 bits per heavy atom. The summed E-state index contributed by atoms with van der Waals surface area (Å²) < 4.78 is 59.3. The second kappa shape index (κ2) is 21.3. The van der Waals surface area contributed by atoms with Gasteiger partial charge in [-0.15, -0.1) is 0 Å². The number of hydrogen-bond donors (Lipinski definition) is 7. The first-order valence-electron chi connectivity index (χ1n) is 16.7. The molecule has 3 atom stereocenters. The molecule has 308 valence electrons. The van der Waals surface area contributed by atoms with E-state index in [-0.39, 0.29) is 36.5 Å². The maximum absolute atomic E-state index is 13.5. The van der Waals surface area contributed by atoms with Crippen molar-refractivity contribution in [3.05, 3.63) is 65.2 Å². The second-order valence-corrected chi connectivity index (χ2v) is 14.8. The fourth-order valence-electron chi connectivity index (χ4n) is 4.63. The highest BCUT2D eigenvalue weighted by molar-refractivity contribution is 7.86. The van der Waals surface area contributed by atoms with E-state index < -0.39 is 75.8 Å².